The van der Waals surface area contributed by atoms with Crippen molar-refractivity contribution in [1.29, 1.82) is 0 Å². The molecule has 1 fully saturated rings. The second-order valence-electron chi connectivity index (χ2n) is 5.75. The third-order valence-corrected chi connectivity index (χ3v) is 4.04. The van der Waals surface area contributed by atoms with Gasteiger partial charge in [0.2, 0.25) is 0 Å². The van der Waals surface area contributed by atoms with Crippen LogP contribution in [0, 0.1) is 5.92 Å². The summed E-state index contributed by atoms with van der Waals surface area (Å²) in [6.45, 7) is 2.28. The highest BCUT2D eigenvalue weighted by atomic mass is 16.5. The molecule has 0 aromatic heterocycles. The number of hydrogen-bond acceptors (Lipinski definition) is 3. The van der Waals surface area contributed by atoms with Gasteiger partial charge in [-0.3, -0.25) is 0 Å². The van der Waals surface area contributed by atoms with Gasteiger partial charge in [0, 0.05) is 6.54 Å². The summed E-state index contributed by atoms with van der Waals surface area (Å²) >= 11 is 0. The van der Waals surface area contributed by atoms with Crippen molar-refractivity contribution in [1.82, 2.24) is 5.32 Å². The minimum Gasteiger partial charge on any atom is -0.445 e. The van der Waals surface area contributed by atoms with Crippen molar-refractivity contribution in [2.45, 2.75) is 44.8 Å². The zero-order valence-electron chi connectivity index (χ0n) is 12.0. The Balaban J connectivity index is 1.72. The fraction of sp³-hybridized carbons (Fsp3) is 0.562. The Bertz CT molecular complexity index is 425. The van der Waals surface area contributed by atoms with Crippen molar-refractivity contribution >= 4 is 6.09 Å². The van der Waals surface area contributed by atoms with E-state index < -0.39 is 11.7 Å². The second-order valence-corrected chi connectivity index (χ2v) is 5.75. The highest BCUT2D eigenvalue weighted by molar-refractivity contribution is 5.67. The SMILES string of the molecule is CC(O)(CNC(=O)OCc1ccccc1)C1CCCC1. The second kappa shape index (κ2) is 6.75. The molecular formula is C16H23NO3. The number of rotatable bonds is 5. The Morgan fingerprint density at radius 3 is 2.65 bits per heavy atom. The topological polar surface area (TPSA) is 58.6 Å². The molecule has 1 aromatic carbocycles. The van der Waals surface area contributed by atoms with Crippen LogP contribution in [0.5, 0.6) is 0 Å². The van der Waals surface area contributed by atoms with E-state index in [9.17, 15) is 9.90 Å². The summed E-state index contributed by atoms with van der Waals surface area (Å²) in [5.41, 5.74) is 0.104. The number of carbonyl (C=O) groups is 1. The fourth-order valence-corrected chi connectivity index (χ4v) is 2.72. The van der Waals surface area contributed by atoms with Crippen LogP contribution in [0.3, 0.4) is 0 Å². The lowest BCUT2D eigenvalue weighted by Gasteiger charge is -2.30. The molecule has 2 rings (SSSR count). The number of benzene rings is 1. The average Bonchev–Trinajstić information content (AvgIpc) is 2.99. The molecule has 0 aliphatic heterocycles. The van der Waals surface area contributed by atoms with Gasteiger partial charge in [-0.25, -0.2) is 4.79 Å². The van der Waals surface area contributed by atoms with Crippen molar-refractivity contribution < 1.29 is 14.6 Å². The van der Waals surface area contributed by atoms with Gasteiger partial charge in [-0.15, -0.1) is 0 Å². The van der Waals surface area contributed by atoms with Gasteiger partial charge in [0.15, 0.2) is 0 Å². The molecule has 0 heterocycles. The molecule has 20 heavy (non-hydrogen) atoms. The molecule has 1 atom stereocenters. The summed E-state index contributed by atoms with van der Waals surface area (Å²) in [6.07, 6.45) is 3.92. The molecule has 1 amide bonds. The van der Waals surface area contributed by atoms with Gasteiger partial charge < -0.3 is 15.2 Å². The van der Waals surface area contributed by atoms with E-state index in [1.807, 2.05) is 30.3 Å². The number of alkyl carbamates (subject to hydrolysis) is 1. The van der Waals surface area contributed by atoms with Crippen LogP contribution in [0.25, 0.3) is 0 Å². The Kier molecular flexibility index (Phi) is 5.01. The summed E-state index contributed by atoms with van der Waals surface area (Å²) in [4.78, 5) is 11.6. The summed E-state index contributed by atoms with van der Waals surface area (Å²) < 4.78 is 5.12. The van der Waals surface area contributed by atoms with E-state index in [0.717, 1.165) is 18.4 Å². The molecule has 1 aliphatic rings. The first-order valence-corrected chi connectivity index (χ1v) is 7.25. The first-order valence-electron chi connectivity index (χ1n) is 7.25. The van der Waals surface area contributed by atoms with E-state index in [4.69, 9.17) is 4.74 Å². The van der Waals surface area contributed by atoms with Gasteiger partial charge in [0.25, 0.3) is 0 Å². The van der Waals surface area contributed by atoms with Crippen LogP contribution >= 0.6 is 0 Å². The Morgan fingerprint density at radius 1 is 1.35 bits per heavy atom. The third-order valence-electron chi connectivity index (χ3n) is 4.04. The minimum absolute atomic E-state index is 0.241. The van der Waals surface area contributed by atoms with E-state index in [1.54, 1.807) is 6.92 Å². The number of amides is 1. The van der Waals surface area contributed by atoms with Gasteiger partial charge in [-0.05, 0) is 31.2 Å². The van der Waals surface area contributed by atoms with Crippen molar-refractivity contribution in [2.24, 2.45) is 5.92 Å². The Hall–Kier alpha value is -1.55. The molecule has 110 valence electrons. The fourth-order valence-electron chi connectivity index (χ4n) is 2.72. The average molecular weight is 277 g/mol. The van der Waals surface area contributed by atoms with Crippen LogP contribution in [0.2, 0.25) is 0 Å². The lowest BCUT2D eigenvalue weighted by Crippen LogP contribution is -2.45. The van der Waals surface area contributed by atoms with Gasteiger partial charge in [0.1, 0.15) is 6.61 Å². The molecule has 1 aromatic rings. The smallest absolute Gasteiger partial charge is 0.407 e. The zero-order valence-corrected chi connectivity index (χ0v) is 12.0. The number of aliphatic hydroxyl groups is 1. The maximum atomic E-state index is 11.6. The lowest BCUT2D eigenvalue weighted by atomic mass is 9.88. The summed E-state index contributed by atoms with van der Waals surface area (Å²) in [5, 5.41) is 13.0. The zero-order chi connectivity index (χ0) is 14.4. The van der Waals surface area contributed by atoms with Crippen LogP contribution in [-0.2, 0) is 11.3 Å². The van der Waals surface area contributed by atoms with Crippen LogP contribution in [0.4, 0.5) is 4.79 Å². The number of ether oxygens (including phenoxy) is 1. The van der Waals surface area contributed by atoms with Gasteiger partial charge in [-0.1, -0.05) is 43.2 Å². The van der Waals surface area contributed by atoms with Crippen molar-refractivity contribution in [2.75, 3.05) is 6.54 Å². The normalized spacial score (nSPS) is 18.5. The van der Waals surface area contributed by atoms with Crippen molar-refractivity contribution in [3.8, 4) is 0 Å². The quantitative estimate of drug-likeness (QED) is 0.870. The first-order chi connectivity index (χ1) is 9.58. The van der Waals surface area contributed by atoms with E-state index >= 15 is 0 Å². The standard InChI is InChI=1S/C16H23NO3/c1-16(19,14-9-5-6-10-14)12-17-15(18)20-11-13-7-3-2-4-8-13/h2-4,7-8,14,19H,5-6,9-12H2,1H3,(H,17,18). The number of nitrogens with one attached hydrogen (secondary N) is 1. The molecule has 0 saturated heterocycles. The highest BCUT2D eigenvalue weighted by Crippen LogP contribution is 2.33. The van der Waals surface area contributed by atoms with Crippen LogP contribution < -0.4 is 5.32 Å². The van der Waals surface area contributed by atoms with Crippen LogP contribution in [0.15, 0.2) is 30.3 Å². The molecule has 0 spiro atoms. The van der Waals surface area contributed by atoms with Gasteiger partial charge >= 0.3 is 6.09 Å². The highest BCUT2D eigenvalue weighted by Gasteiger charge is 2.34. The summed E-state index contributed by atoms with van der Waals surface area (Å²) in [5.74, 6) is 0.275. The number of hydrogen-bond donors (Lipinski definition) is 2. The van der Waals surface area contributed by atoms with E-state index in [0.29, 0.717) is 0 Å². The third kappa shape index (κ3) is 4.23. The van der Waals surface area contributed by atoms with Crippen molar-refractivity contribution in [3.63, 3.8) is 0 Å². The molecule has 2 N–H and O–H groups in total. The largest absolute Gasteiger partial charge is 0.445 e. The van der Waals surface area contributed by atoms with Gasteiger partial charge in [-0.2, -0.15) is 0 Å². The Morgan fingerprint density at radius 2 is 2.00 bits per heavy atom. The van der Waals surface area contributed by atoms with E-state index in [2.05, 4.69) is 5.32 Å². The molecule has 4 nitrogen and oxygen atoms in total. The molecule has 0 radical (unpaired) electrons. The minimum atomic E-state index is -0.845. The molecule has 0 bridgehead atoms. The predicted molar refractivity (Wildman–Crippen MR) is 77.2 cm³/mol. The first kappa shape index (κ1) is 14.9. The molecule has 1 saturated carbocycles. The monoisotopic (exact) mass is 277 g/mol. The maximum Gasteiger partial charge on any atom is 0.407 e. The molecule has 4 heteroatoms. The van der Waals surface area contributed by atoms with Crippen molar-refractivity contribution in [3.05, 3.63) is 35.9 Å². The lowest BCUT2D eigenvalue weighted by molar-refractivity contribution is 0.00173. The summed E-state index contributed by atoms with van der Waals surface area (Å²) in [6, 6.07) is 9.54. The van der Waals surface area contributed by atoms with Crippen LogP contribution in [-0.4, -0.2) is 23.3 Å². The van der Waals surface area contributed by atoms with E-state index in [-0.39, 0.29) is 19.1 Å². The molecule has 1 aliphatic carbocycles. The Labute approximate surface area is 120 Å². The van der Waals surface area contributed by atoms with Gasteiger partial charge in [0.05, 0.1) is 5.60 Å². The summed E-state index contributed by atoms with van der Waals surface area (Å²) in [7, 11) is 0. The predicted octanol–water partition coefficient (Wildman–Crippen LogP) is 2.85. The van der Waals surface area contributed by atoms with Crippen LogP contribution in [0.1, 0.15) is 38.2 Å². The van der Waals surface area contributed by atoms with E-state index in [1.165, 1.54) is 12.8 Å². The number of carbonyl (C=O) groups excluding carboxylic acids is 1. The maximum absolute atomic E-state index is 11.6. The molecule has 1 unspecified atom stereocenters. The molecular weight excluding hydrogens is 254 g/mol.